The predicted octanol–water partition coefficient (Wildman–Crippen LogP) is 3.28. The summed E-state index contributed by atoms with van der Waals surface area (Å²) in [5, 5.41) is 3.67. The lowest BCUT2D eigenvalue weighted by atomic mass is 10.00. The van der Waals surface area contributed by atoms with E-state index in [0.717, 1.165) is 12.0 Å². The molecule has 1 heterocycles. The summed E-state index contributed by atoms with van der Waals surface area (Å²) >= 11 is 0. The van der Waals surface area contributed by atoms with Crippen LogP contribution in [0.25, 0.3) is 0 Å². The van der Waals surface area contributed by atoms with Crippen LogP contribution in [-0.2, 0) is 0 Å². The van der Waals surface area contributed by atoms with E-state index in [9.17, 15) is 0 Å². The molecule has 1 fully saturated rings. The molecule has 0 bridgehead atoms. The van der Waals surface area contributed by atoms with Gasteiger partial charge in [0.15, 0.2) is 0 Å². The number of hydrogen-bond acceptors (Lipinski definition) is 2. The van der Waals surface area contributed by atoms with Crippen molar-refractivity contribution in [2.45, 2.75) is 71.9 Å². The average molecular weight is 240 g/mol. The van der Waals surface area contributed by atoms with Crippen molar-refractivity contribution in [3.8, 4) is 0 Å². The van der Waals surface area contributed by atoms with Crippen molar-refractivity contribution in [2.75, 3.05) is 19.6 Å². The van der Waals surface area contributed by atoms with Crippen LogP contribution in [0.5, 0.6) is 0 Å². The molecule has 2 nitrogen and oxygen atoms in total. The van der Waals surface area contributed by atoms with Gasteiger partial charge in [-0.05, 0) is 39.2 Å². The van der Waals surface area contributed by atoms with Gasteiger partial charge >= 0.3 is 0 Å². The SMILES string of the molecule is CCC(CC)CN(CC1CCCCN1)C(C)C. The van der Waals surface area contributed by atoms with Gasteiger partial charge in [-0.1, -0.05) is 33.1 Å². The van der Waals surface area contributed by atoms with Crippen molar-refractivity contribution in [3.05, 3.63) is 0 Å². The molecule has 0 aromatic heterocycles. The molecule has 2 heteroatoms. The highest BCUT2D eigenvalue weighted by atomic mass is 15.2. The average Bonchev–Trinajstić information content (AvgIpc) is 2.35. The van der Waals surface area contributed by atoms with Crippen molar-refractivity contribution in [3.63, 3.8) is 0 Å². The monoisotopic (exact) mass is 240 g/mol. The van der Waals surface area contributed by atoms with E-state index in [1.807, 2.05) is 0 Å². The minimum atomic E-state index is 0.680. The van der Waals surface area contributed by atoms with Gasteiger partial charge in [0.1, 0.15) is 0 Å². The molecule has 1 unspecified atom stereocenters. The van der Waals surface area contributed by atoms with Crippen LogP contribution in [0.4, 0.5) is 0 Å². The van der Waals surface area contributed by atoms with Gasteiger partial charge in [0.25, 0.3) is 0 Å². The third-order valence-electron chi connectivity index (χ3n) is 4.24. The summed E-state index contributed by atoms with van der Waals surface area (Å²) in [6.07, 6.45) is 6.78. The van der Waals surface area contributed by atoms with Crippen molar-refractivity contribution >= 4 is 0 Å². The Morgan fingerprint density at radius 2 is 1.88 bits per heavy atom. The Bertz CT molecular complexity index is 181. The highest BCUT2D eigenvalue weighted by Gasteiger charge is 2.20. The molecule has 102 valence electrons. The van der Waals surface area contributed by atoms with Crippen LogP contribution in [0.3, 0.4) is 0 Å². The summed E-state index contributed by atoms with van der Waals surface area (Å²) in [6.45, 7) is 13.1. The van der Waals surface area contributed by atoms with Crippen LogP contribution in [0.2, 0.25) is 0 Å². The van der Waals surface area contributed by atoms with Gasteiger partial charge in [-0.2, -0.15) is 0 Å². The summed E-state index contributed by atoms with van der Waals surface area (Å²) in [4.78, 5) is 2.68. The second-order valence-corrected chi connectivity index (χ2v) is 5.88. The Balaban J connectivity index is 2.41. The summed E-state index contributed by atoms with van der Waals surface area (Å²) < 4.78 is 0. The first-order valence-electron chi connectivity index (χ1n) is 7.64. The highest BCUT2D eigenvalue weighted by molar-refractivity contribution is 4.78. The molecule has 0 amide bonds. The molecule has 0 aromatic rings. The maximum atomic E-state index is 3.67. The molecule has 0 radical (unpaired) electrons. The summed E-state index contributed by atoms with van der Waals surface area (Å²) in [6, 6.07) is 1.42. The van der Waals surface area contributed by atoms with E-state index in [0.29, 0.717) is 6.04 Å². The van der Waals surface area contributed by atoms with Crippen molar-refractivity contribution in [2.24, 2.45) is 5.92 Å². The van der Waals surface area contributed by atoms with Gasteiger partial charge in [-0.3, -0.25) is 4.90 Å². The zero-order chi connectivity index (χ0) is 12.7. The fourth-order valence-corrected chi connectivity index (χ4v) is 2.74. The van der Waals surface area contributed by atoms with Crippen LogP contribution in [-0.4, -0.2) is 36.6 Å². The number of nitrogens with zero attached hydrogens (tertiary/aromatic N) is 1. The van der Waals surface area contributed by atoms with Gasteiger partial charge in [0.2, 0.25) is 0 Å². The molecule has 1 atom stereocenters. The molecule has 1 N–H and O–H groups in total. The van der Waals surface area contributed by atoms with Crippen molar-refractivity contribution in [1.29, 1.82) is 0 Å². The quantitative estimate of drug-likeness (QED) is 0.735. The van der Waals surface area contributed by atoms with E-state index >= 15 is 0 Å². The maximum absolute atomic E-state index is 3.67. The lowest BCUT2D eigenvalue weighted by molar-refractivity contribution is 0.155. The van der Waals surface area contributed by atoms with Gasteiger partial charge in [-0.25, -0.2) is 0 Å². The Kier molecular flexibility index (Phi) is 7.14. The third-order valence-corrected chi connectivity index (χ3v) is 4.24. The largest absolute Gasteiger partial charge is 0.313 e. The highest BCUT2D eigenvalue weighted by Crippen LogP contribution is 2.15. The van der Waals surface area contributed by atoms with E-state index in [4.69, 9.17) is 0 Å². The van der Waals surface area contributed by atoms with Crippen LogP contribution in [0.1, 0.15) is 59.8 Å². The van der Waals surface area contributed by atoms with Gasteiger partial charge in [-0.15, -0.1) is 0 Å². The molecular weight excluding hydrogens is 208 g/mol. The second kappa shape index (κ2) is 8.10. The molecule has 0 aromatic carbocycles. The first kappa shape index (κ1) is 15.0. The van der Waals surface area contributed by atoms with E-state index in [1.165, 1.54) is 51.7 Å². The van der Waals surface area contributed by atoms with Crippen LogP contribution in [0, 0.1) is 5.92 Å². The van der Waals surface area contributed by atoms with E-state index < -0.39 is 0 Å². The topological polar surface area (TPSA) is 15.3 Å². The Labute approximate surface area is 108 Å². The first-order valence-corrected chi connectivity index (χ1v) is 7.64. The second-order valence-electron chi connectivity index (χ2n) is 5.88. The van der Waals surface area contributed by atoms with E-state index in [2.05, 4.69) is 37.9 Å². The normalized spacial score (nSPS) is 21.7. The fourth-order valence-electron chi connectivity index (χ4n) is 2.74. The van der Waals surface area contributed by atoms with Gasteiger partial charge in [0.05, 0.1) is 0 Å². The van der Waals surface area contributed by atoms with E-state index in [-0.39, 0.29) is 0 Å². The Hall–Kier alpha value is -0.0800. The third kappa shape index (κ3) is 5.39. The zero-order valence-electron chi connectivity index (χ0n) is 12.3. The smallest absolute Gasteiger partial charge is 0.0195 e. The lowest BCUT2D eigenvalue weighted by Gasteiger charge is -2.35. The fraction of sp³-hybridized carbons (Fsp3) is 1.00. The van der Waals surface area contributed by atoms with Crippen LogP contribution < -0.4 is 5.32 Å². The van der Waals surface area contributed by atoms with Crippen molar-refractivity contribution < 1.29 is 0 Å². The lowest BCUT2D eigenvalue weighted by Crippen LogP contribution is -2.47. The Morgan fingerprint density at radius 3 is 2.35 bits per heavy atom. The van der Waals surface area contributed by atoms with Gasteiger partial charge in [0, 0.05) is 25.2 Å². The molecule has 1 saturated heterocycles. The minimum absolute atomic E-state index is 0.680. The molecule has 17 heavy (non-hydrogen) atoms. The summed E-state index contributed by atoms with van der Waals surface area (Å²) in [7, 11) is 0. The predicted molar refractivity (Wildman–Crippen MR) is 76.4 cm³/mol. The van der Waals surface area contributed by atoms with Crippen molar-refractivity contribution in [1.82, 2.24) is 10.2 Å². The Morgan fingerprint density at radius 1 is 1.18 bits per heavy atom. The molecule has 0 aliphatic carbocycles. The molecule has 1 rings (SSSR count). The number of nitrogens with one attached hydrogen (secondary N) is 1. The van der Waals surface area contributed by atoms with Gasteiger partial charge < -0.3 is 5.32 Å². The minimum Gasteiger partial charge on any atom is -0.313 e. The van der Waals surface area contributed by atoms with E-state index in [1.54, 1.807) is 0 Å². The molecule has 1 aliphatic heterocycles. The maximum Gasteiger partial charge on any atom is 0.0195 e. The number of piperidine rings is 1. The number of hydrogen-bond donors (Lipinski definition) is 1. The molecule has 0 saturated carbocycles. The zero-order valence-corrected chi connectivity index (χ0v) is 12.3. The van der Waals surface area contributed by atoms with Crippen LogP contribution >= 0.6 is 0 Å². The summed E-state index contributed by atoms with van der Waals surface area (Å²) in [5.74, 6) is 0.876. The standard InChI is InChI=1S/C15H32N2/c1-5-14(6-2)11-17(13(3)4)12-15-9-7-8-10-16-15/h13-16H,5-12H2,1-4H3. The van der Waals surface area contributed by atoms with Crippen LogP contribution in [0.15, 0.2) is 0 Å². The summed E-state index contributed by atoms with van der Waals surface area (Å²) in [5.41, 5.74) is 0. The number of rotatable bonds is 7. The molecule has 0 spiro atoms. The molecule has 1 aliphatic rings. The molecular formula is C15H32N2. The first-order chi connectivity index (χ1) is 8.17.